The zero-order chi connectivity index (χ0) is 20.7. The lowest BCUT2D eigenvalue weighted by atomic mass is 9.91. The van der Waals surface area contributed by atoms with Gasteiger partial charge in [0.05, 0.1) is 18.4 Å². The molecule has 0 radical (unpaired) electrons. The normalized spacial score (nSPS) is 21.5. The van der Waals surface area contributed by atoms with Gasteiger partial charge in [0, 0.05) is 43.5 Å². The van der Waals surface area contributed by atoms with E-state index in [1.807, 2.05) is 37.3 Å². The molecule has 2 aromatic rings. The molecule has 156 valence electrons. The molecule has 1 amide bonds. The van der Waals surface area contributed by atoms with E-state index >= 15 is 0 Å². The molecule has 1 N–H and O–H groups in total. The van der Waals surface area contributed by atoms with Crippen molar-refractivity contribution in [2.45, 2.75) is 38.0 Å². The van der Waals surface area contributed by atoms with Crippen molar-refractivity contribution in [2.24, 2.45) is 5.10 Å². The Hall–Kier alpha value is -3.22. The van der Waals surface area contributed by atoms with Crippen molar-refractivity contribution >= 4 is 11.8 Å². The summed E-state index contributed by atoms with van der Waals surface area (Å²) in [5.74, 6) is 1.12. The van der Waals surface area contributed by atoms with Crippen molar-refractivity contribution in [1.82, 2.24) is 9.91 Å². The number of phenols is 1. The lowest BCUT2D eigenvalue weighted by Crippen LogP contribution is -2.59. The number of piperidine rings is 1. The molecule has 0 bridgehead atoms. The van der Waals surface area contributed by atoms with E-state index in [0.29, 0.717) is 32.5 Å². The number of carbonyl (C=O) groups is 1. The van der Waals surface area contributed by atoms with E-state index in [1.54, 1.807) is 17.0 Å². The smallest absolute Gasteiger partial charge is 0.409 e. The molecule has 1 fully saturated rings. The second kappa shape index (κ2) is 7.23. The van der Waals surface area contributed by atoms with Crippen LogP contribution >= 0.6 is 0 Å². The minimum Gasteiger partial charge on any atom is -0.508 e. The molecule has 7 nitrogen and oxygen atoms in total. The highest BCUT2D eigenvalue weighted by molar-refractivity contribution is 6.02. The zero-order valence-corrected chi connectivity index (χ0v) is 17.0. The zero-order valence-electron chi connectivity index (χ0n) is 17.0. The molecule has 5 rings (SSSR count). The molecule has 3 aliphatic heterocycles. The number of ether oxygens (including phenoxy) is 2. The third kappa shape index (κ3) is 3.05. The number of likely N-dealkylation sites (tertiary alicyclic amines) is 1. The summed E-state index contributed by atoms with van der Waals surface area (Å²) in [6.07, 6.45) is 1.76. The van der Waals surface area contributed by atoms with E-state index in [9.17, 15) is 9.90 Å². The Morgan fingerprint density at radius 1 is 1.23 bits per heavy atom. The van der Waals surface area contributed by atoms with E-state index in [0.717, 1.165) is 29.0 Å². The third-order valence-electron chi connectivity index (χ3n) is 6.16. The van der Waals surface area contributed by atoms with Gasteiger partial charge in [-0.25, -0.2) is 9.80 Å². The van der Waals surface area contributed by atoms with Crippen LogP contribution in [0, 0.1) is 0 Å². The molecule has 3 aliphatic rings. The van der Waals surface area contributed by atoms with Crippen LogP contribution in [0.25, 0.3) is 0 Å². The molecule has 3 heterocycles. The Balaban J connectivity index is 1.48. The van der Waals surface area contributed by atoms with Crippen LogP contribution in [0.2, 0.25) is 0 Å². The van der Waals surface area contributed by atoms with Gasteiger partial charge in [0.1, 0.15) is 11.5 Å². The highest BCUT2D eigenvalue weighted by Gasteiger charge is 2.52. The monoisotopic (exact) mass is 407 g/mol. The number of hydrogen-bond donors (Lipinski definition) is 1. The van der Waals surface area contributed by atoms with Crippen LogP contribution in [0.5, 0.6) is 11.5 Å². The van der Waals surface area contributed by atoms with Gasteiger partial charge in [0.15, 0.2) is 0 Å². The number of phenolic OH excluding ortho intramolecular Hbond substituents is 1. The fourth-order valence-corrected chi connectivity index (χ4v) is 4.67. The number of hydrogen-bond acceptors (Lipinski definition) is 6. The Morgan fingerprint density at radius 2 is 2.03 bits per heavy atom. The van der Waals surface area contributed by atoms with Crippen LogP contribution in [0.1, 0.15) is 43.4 Å². The van der Waals surface area contributed by atoms with Gasteiger partial charge < -0.3 is 19.5 Å². The predicted molar refractivity (Wildman–Crippen MR) is 111 cm³/mol. The van der Waals surface area contributed by atoms with Crippen LogP contribution in [0.15, 0.2) is 53.6 Å². The van der Waals surface area contributed by atoms with E-state index in [2.05, 4.69) is 11.1 Å². The minimum absolute atomic E-state index is 0.0708. The fraction of sp³-hybridized carbons (Fsp3) is 0.391. The molecule has 0 aliphatic carbocycles. The van der Waals surface area contributed by atoms with Crippen LogP contribution < -0.4 is 4.74 Å². The number of nitrogens with zero attached hydrogens (tertiary/aromatic N) is 3. The lowest BCUT2D eigenvalue weighted by molar-refractivity contribution is -0.147. The van der Waals surface area contributed by atoms with Crippen LogP contribution in [-0.2, 0) is 4.74 Å². The van der Waals surface area contributed by atoms with Gasteiger partial charge in [-0.15, -0.1) is 0 Å². The fourth-order valence-electron chi connectivity index (χ4n) is 4.67. The van der Waals surface area contributed by atoms with Crippen LogP contribution in [0.3, 0.4) is 0 Å². The molecule has 1 atom stereocenters. The summed E-state index contributed by atoms with van der Waals surface area (Å²) in [5.41, 5.74) is 2.37. The number of carbonyl (C=O) groups excluding carboxylic acids is 1. The molecule has 1 unspecified atom stereocenters. The summed E-state index contributed by atoms with van der Waals surface area (Å²) in [6.45, 7) is 3.30. The van der Waals surface area contributed by atoms with E-state index in [4.69, 9.17) is 14.6 Å². The largest absolute Gasteiger partial charge is 0.508 e. The highest BCUT2D eigenvalue weighted by Crippen LogP contribution is 2.50. The van der Waals surface area contributed by atoms with Gasteiger partial charge in [-0.1, -0.05) is 30.3 Å². The molecular formula is C23H25N3O4. The molecule has 30 heavy (non-hydrogen) atoms. The van der Waals surface area contributed by atoms with Crippen molar-refractivity contribution in [3.8, 4) is 11.5 Å². The number of aromatic hydroxyl groups is 1. The minimum atomic E-state index is -0.597. The van der Waals surface area contributed by atoms with Crippen LogP contribution in [-0.4, -0.2) is 52.2 Å². The number of rotatable bonds is 2. The maximum absolute atomic E-state index is 12.2. The first kappa shape index (κ1) is 18.8. The second-order valence-electron chi connectivity index (χ2n) is 7.93. The molecular weight excluding hydrogens is 382 g/mol. The summed E-state index contributed by atoms with van der Waals surface area (Å²) in [4.78, 5) is 13.9. The number of benzene rings is 2. The Labute approximate surface area is 175 Å². The summed E-state index contributed by atoms with van der Waals surface area (Å²) >= 11 is 0. The molecule has 7 heteroatoms. The summed E-state index contributed by atoms with van der Waals surface area (Å²) in [7, 11) is 0. The average molecular weight is 407 g/mol. The standard InChI is InChI=1S/C23H25N3O4/c1-2-29-22(28)25-12-10-23(11-13-25)26-20(18-8-3-4-9-21(18)30-23)15-19(24-26)16-6-5-7-17(27)14-16/h3-9,14,20,27H,2,10-13,15H2,1H3. The van der Waals surface area contributed by atoms with E-state index < -0.39 is 5.72 Å². The van der Waals surface area contributed by atoms with Gasteiger partial charge in [0.25, 0.3) is 0 Å². The average Bonchev–Trinajstić information content (AvgIpc) is 3.22. The van der Waals surface area contributed by atoms with Crippen molar-refractivity contribution in [3.63, 3.8) is 0 Å². The van der Waals surface area contributed by atoms with Crippen molar-refractivity contribution in [1.29, 1.82) is 0 Å². The highest BCUT2D eigenvalue weighted by atomic mass is 16.6. The van der Waals surface area contributed by atoms with Crippen molar-refractivity contribution in [2.75, 3.05) is 19.7 Å². The molecule has 0 aromatic heterocycles. The van der Waals surface area contributed by atoms with E-state index in [1.165, 1.54) is 0 Å². The van der Waals surface area contributed by atoms with Crippen molar-refractivity contribution < 1.29 is 19.4 Å². The summed E-state index contributed by atoms with van der Waals surface area (Å²) in [6, 6.07) is 15.4. The van der Waals surface area contributed by atoms with Gasteiger partial charge in [-0.2, -0.15) is 5.10 Å². The molecule has 1 spiro atoms. The molecule has 2 aromatic carbocycles. The van der Waals surface area contributed by atoms with Crippen LogP contribution in [0.4, 0.5) is 4.79 Å². The molecule has 0 saturated carbocycles. The maximum Gasteiger partial charge on any atom is 0.409 e. The SMILES string of the molecule is CCOC(=O)N1CCC2(CC1)Oc1ccccc1C1CC(c3cccc(O)c3)=NN12. The van der Waals surface area contributed by atoms with Gasteiger partial charge in [-0.3, -0.25) is 0 Å². The number of fused-ring (bicyclic) bond motifs is 4. The van der Waals surface area contributed by atoms with Crippen molar-refractivity contribution in [3.05, 3.63) is 59.7 Å². The van der Waals surface area contributed by atoms with E-state index in [-0.39, 0.29) is 17.9 Å². The second-order valence-corrected chi connectivity index (χ2v) is 7.93. The third-order valence-corrected chi connectivity index (χ3v) is 6.16. The Bertz CT molecular complexity index is 997. The summed E-state index contributed by atoms with van der Waals surface area (Å²) in [5, 5.41) is 17.0. The van der Waals surface area contributed by atoms with Gasteiger partial charge in [-0.05, 0) is 25.1 Å². The van der Waals surface area contributed by atoms with Gasteiger partial charge >= 0.3 is 6.09 Å². The number of amides is 1. The first-order chi connectivity index (χ1) is 14.6. The Kier molecular flexibility index (Phi) is 4.53. The lowest BCUT2D eigenvalue weighted by Gasteiger charge is -2.50. The topological polar surface area (TPSA) is 74.6 Å². The first-order valence-electron chi connectivity index (χ1n) is 10.5. The summed E-state index contributed by atoms with van der Waals surface area (Å²) < 4.78 is 11.7. The number of hydrazone groups is 1. The molecule has 1 saturated heterocycles. The number of para-hydroxylation sites is 1. The predicted octanol–water partition coefficient (Wildman–Crippen LogP) is 3.88. The van der Waals surface area contributed by atoms with Gasteiger partial charge in [0.2, 0.25) is 5.72 Å². The Morgan fingerprint density at radius 3 is 2.80 bits per heavy atom. The maximum atomic E-state index is 12.2. The quantitative estimate of drug-likeness (QED) is 0.818. The first-order valence-corrected chi connectivity index (χ1v) is 10.5.